The van der Waals surface area contributed by atoms with Crippen molar-refractivity contribution in [2.75, 3.05) is 31.6 Å². The summed E-state index contributed by atoms with van der Waals surface area (Å²) in [5, 5.41) is 0. The molecule has 2 atom stereocenters. The Balaban J connectivity index is 1.50. The summed E-state index contributed by atoms with van der Waals surface area (Å²) >= 11 is 0. The number of pyridine rings is 1. The average molecular weight is 325 g/mol. The molecule has 2 aromatic heterocycles. The van der Waals surface area contributed by atoms with Gasteiger partial charge in [0.1, 0.15) is 0 Å². The zero-order valence-corrected chi connectivity index (χ0v) is 14.0. The van der Waals surface area contributed by atoms with Crippen molar-refractivity contribution >= 4 is 5.82 Å². The van der Waals surface area contributed by atoms with Crippen LogP contribution in [0.25, 0.3) is 0 Å². The second-order valence-electron chi connectivity index (χ2n) is 6.53. The van der Waals surface area contributed by atoms with E-state index >= 15 is 0 Å². The summed E-state index contributed by atoms with van der Waals surface area (Å²) in [6, 6.07) is 6.69. The van der Waals surface area contributed by atoms with E-state index in [1.807, 2.05) is 12.3 Å². The summed E-state index contributed by atoms with van der Waals surface area (Å²) in [5.41, 5.74) is 1.15. The number of hydrogen-bond acceptors (Lipinski definition) is 6. The fourth-order valence-electron chi connectivity index (χ4n) is 4.00. The van der Waals surface area contributed by atoms with E-state index < -0.39 is 0 Å². The SMILES string of the molecule is COc1nccnc1N1CCC2CCN(Cc3ccccn3)C2C1. The molecule has 2 aliphatic rings. The Bertz CT molecular complexity index is 680. The molecule has 6 heteroatoms. The van der Waals surface area contributed by atoms with Crippen molar-refractivity contribution in [3.8, 4) is 5.88 Å². The van der Waals surface area contributed by atoms with Crippen LogP contribution >= 0.6 is 0 Å². The molecule has 4 heterocycles. The molecule has 0 spiro atoms. The van der Waals surface area contributed by atoms with Gasteiger partial charge in [0.2, 0.25) is 0 Å². The van der Waals surface area contributed by atoms with E-state index in [1.165, 1.54) is 12.8 Å². The molecule has 0 aromatic carbocycles. The fraction of sp³-hybridized carbons (Fsp3) is 0.500. The molecule has 2 aromatic rings. The molecule has 4 rings (SSSR count). The topological polar surface area (TPSA) is 54.4 Å². The highest BCUT2D eigenvalue weighted by molar-refractivity contribution is 5.48. The molecule has 24 heavy (non-hydrogen) atoms. The zero-order chi connectivity index (χ0) is 16.4. The highest BCUT2D eigenvalue weighted by atomic mass is 16.5. The van der Waals surface area contributed by atoms with Gasteiger partial charge < -0.3 is 9.64 Å². The lowest BCUT2D eigenvalue weighted by Gasteiger charge is -2.39. The van der Waals surface area contributed by atoms with E-state index in [-0.39, 0.29) is 0 Å². The number of fused-ring (bicyclic) bond motifs is 1. The first-order valence-electron chi connectivity index (χ1n) is 8.59. The summed E-state index contributed by atoms with van der Waals surface area (Å²) in [7, 11) is 1.66. The zero-order valence-electron chi connectivity index (χ0n) is 14.0. The molecular formula is C18H23N5O. The van der Waals surface area contributed by atoms with E-state index in [9.17, 15) is 0 Å². The van der Waals surface area contributed by atoms with Crippen LogP contribution in [-0.4, -0.2) is 52.6 Å². The molecule has 0 bridgehead atoms. The first kappa shape index (κ1) is 15.3. The van der Waals surface area contributed by atoms with Crippen molar-refractivity contribution < 1.29 is 4.74 Å². The van der Waals surface area contributed by atoms with Crippen molar-refractivity contribution in [1.29, 1.82) is 0 Å². The Morgan fingerprint density at radius 2 is 1.96 bits per heavy atom. The third kappa shape index (κ3) is 2.94. The van der Waals surface area contributed by atoms with Crippen LogP contribution in [-0.2, 0) is 6.54 Å². The van der Waals surface area contributed by atoms with Gasteiger partial charge in [0, 0.05) is 44.3 Å². The largest absolute Gasteiger partial charge is 0.478 e. The quantitative estimate of drug-likeness (QED) is 0.857. The molecule has 0 amide bonds. The predicted octanol–water partition coefficient (Wildman–Crippen LogP) is 1.98. The van der Waals surface area contributed by atoms with E-state index in [2.05, 4.69) is 36.9 Å². The van der Waals surface area contributed by atoms with Gasteiger partial charge in [-0.3, -0.25) is 9.88 Å². The van der Waals surface area contributed by atoms with Gasteiger partial charge in [0.15, 0.2) is 5.82 Å². The number of nitrogens with zero attached hydrogens (tertiary/aromatic N) is 5. The number of methoxy groups -OCH3 is 1. The number of likely N-dealkylation sites (tertiary alicyclic amines) is 1. The standard InChI is InChI=1S/C18H23N5O/c1-24-18-17(20-8-9-21-18)23-11-6-14-5-10-22(16(14)13-23)12-15-4-2-3-7-19-15/h2-4,7-9,14,16H,5-6,10-13H2,1H3. The molecule has 0 radical (unpaired) electrons. The number of ether oxygens (including phenoxy) is 1. The van der Waals surface area contributed by atoms with E-state index in [1.54, 1.807) is 19.5 Å². The lowest BCUT2D eigenvalue weighted by Crippen LogP contribution is -2.48. The second-order valence-corrected chi connectivity index (χ2v) is 6.53. The monoisotopic (exact) mass is 325 g/mol. The van der Waals surface area contributed by atoms with Gasteiger partial charge in [0.25, 0.3) is 5.88 Å². The van der Waals surface area contributed by atoms with Crippen molar-refractivity contribution in [2.24, 2.45) is 5.92 Å². The first-order valence-corrected chi connectivity index (χ1v) is 8.59. The van der Waals surface area contributed by atoms with Crippen LogP contribution in [0.4, 0.5) is 5.82 Å². The molecular weight excluding hydrogens is 302 g/mol. The van der Waals surface area contributed by atoms with Crippen LogP contribution in [0.3, 0.4) is 0 Å². The minimum atomic E-state index is 0.549. The maximum absolute atomic E-state index is 5.39. The normalized spacial score (nSPS) is 24.0. The van der Waals surface area contributed by atoms with Crippen molar-refractivity contribution in [3.05, 3.63) is 42.5 Å². The number of piperidine rings is 1. The van der Waals surface area contributed by atoms with Gasteiger partial charge in [-0.05, 0) is 37.4 Å². The van der Waals surface area contributed by atoms with E-state index in [0.717, 1.165) is 43.6 Å². The number of aromatic nitrogens is 3. The molecule has 6 nitrogen and oxygen atoms in total. The summed E-state index contributed by atoms with van der Waals surface area (Å²) < 4.78 is 5.39. The van der Waals surface area contributed by atoms with Gasteiger partial charge in [-0.25, -0.2) is 9.97 Å². The van der Waals surface area contributed by atoms with Gasteiger partial charge in [-0.1, -0.05) is 6.07 Å². The number of rotatable bonds is 4. The fourth-order valence-corrected chi connectivity index (χ4v) is 4.00. The summed E-state index contributed by atoms with van der Waals surface area (Å²) in [6.45, 7) is 4.07. The smallest absolute Gasteiger partial charge is 0.257 e. The lowest BCUT2D eigenvalue weighted by molar-refractivity contribution is 0.198. The molecule has 126 valence electrons. The minimum absolute atomic E-state index is 0.549. The van der Waals surface area contributed by atoms with Crippen LogP contribution < -0.4 is 9.64 Å². The molecule has 0 aliphatic carbocycles. The third-order valence-electron chi connectivity index (χ3n) is 5.21. The Labute approximate surface area is 142 Å². The lowest BCUT2D eigenvalue weighted by atomic mass is 9.92. The Morgan fingerprint density at radius 3 is 2.79 bits per heavy atom. The highest BCUT2D eigenvalue weighted by Gasteiger charge is 2.39. The summed E-state index contributed by atoms with van der Waals surface area (Å²) in [5.74, 6) is 2.25. The number of anilines is 1. The number of hydrogen-bond donors (Lipinski definition) is 0. The van der Waals surface area contributed by atoms with Crippen LogP contribution in [0.2, 0.25) is 0 Å². The van der Waals surface area contributed by atoms with Crippen molar-refractivity contribution in [1.82, 2.24) is 19.9 Å². The summed E-state index contributed by atoms with van der Waals surface area (Å²) in [6.07, 6.45) is 7.77. The van der Waals surface area contributed by atoms with Gasteiger partial charge in [-0.2, -0.15) is 0 Å². The van der Waals surface area contributed by atoms with Crippen LogP contribution in [0.15, 0.2) is 36.8 Å². The second kappa shape index (κ2) is 6.73. The van der Waals surface area contributed by atoms with Crippen molar-refractivity contribution in [3.63, 3.8) is 0 Å². The molecule has 2 fully saturated rings. The van der Waals surface area contributed by atoms with E-state index in [4.69, 9.17) is 4.74 Å². The summed E-state index contributed by atoms with van der Waals surface area (Å²) in [4.78, 5) is 18.2. The highest BCUT2D eigenvalue weighted by Crippen LogP contribution is 2.35. The van der Waals surface area contributed by atoms with Crippen LogP contribution in [0.5, 0.6) is 5.88 Å². The molecule has 0 N–H and O–H groups in total. The van der Waals surface area contributed by atoms with E-state index in [0.29, 0.717) is 11.9 Å². The van der Waals surface area contributed by atoms with Gasteiger partial charge >= 0.3 is 0 Å². The Hall–Kier alpha value is -2.21. The average Bonchev–Trinajstić information content (AvgIpc) is 3.04. The third-order valence-corrected chi connectivity index (χ3v) is 5.21. The van der Waals surface area contributed by atoms with Crippen LogP contribution in [0.1, 0.15) is 18.5 Å². The predicted molar refractivity (Wildman–Crippen MR) is 92.0 cm³/mol. The molecule has 0 saturated carbocycles. The first-order chi connectivity index (χ1) is 11.8. The molecule has 2 unspecified atom stereocenters. The Morgan fingerprint density at radius 1 is 1.08 bits per heavy atom. The van der Waals surface area contributed by atoms with Gasteiger partial charge in [0.05, 0.1) is 12.8 Å². The van der Waals surface area contributed by atoms with Crippen molar-refractivity contribution in [2.45, 2.75) is 25.4 Å². The minimum Gasteiger partial charge on any atom is -0.478 e. The molecule has 2 aliphatic heterocycles. The molecule has 2 saturated heterocycles. The van der Waals surface area contributed by atoms with Crippen LogP contribution in [0, 0.1) is 5.92 Å². The Kier molecular flexibility index (Phi) is 4.30. The van der Waals surface area contributed by atoms with Gasteiger partial charge in [-0.15, -0.1) is 0 Å². The maximum atomic E-state index is 5.39. The maximum Gasteiger partial charge on any atom is 0.257 e.